The summed E-state index contributed by atoms with van der Waals surface area (Å²) in [6.45, 7) is 3.41. The SMILES string of the molecule is [1H][13C]([1H])(C)Sc1ccc(OC)cc1C(C)N. The van der Waals surface area contributed by atoms with Crippen LogP contribution in [0.2, 0.25) is 0 Å². The second kappa shape index (κ2) is 5.27. The highest BCUT2D eigenvalue weighted by molar-refractivity contribution is 7.99. The molecule has 0 radical (unpaired) electrons. The number of nitrogens with two attached hydrogens (primary N) is 1. The van der Waals surface area contributed by atoms with E-state index in [1.54, 1.807) is 7.11 Å². The standard InChI is InChI=1S/C11H17NOS/c1-4-14-11-6-5-9(13-3)7-10(11)8(2)12/h5-8H,4,12H2,1-3H3/i4+1H2. The molecule has 1 unspecified atom stereocenters. The Morgan fingerprint density at radius 3 is 2.86 bits per heavy atom. The molecule has 2 N–H and O–H groups in total. The zero-order valence-corrected chi connectivity index (χ0v) is 9.52. The van der Waals surface area contributed by atoms with E-state index in [2.05, 4.69) is 0 Å². The highest BCUT2D eigenvalue weighted by atomic mass is 32.2. The first kappa shape index (κ1) is 8.62. The number of hydrogen-bond donors (Lipinski definition) is 1. The van der Waals surface area contributed by atoms with E-state index < -0.39 is 5.70 Å². The molecule has 1 aromatic rings. The number of benzene rings is 1. The lowest BCUT2D eigenvalue weighted by Crippen LogP contribution is -2.06. The highest BCUT2D eigenvalue weighted by Gasteiger charge is 2.08. The van der Waals surface area contributed by atoms with Gasteiger partial charge < -0.3 is 10.5 Å². The Labute approximate surface area is 92.6 Å². The molecule has 1 aromatic carbocycles. The second-order valence-electron chi connectivity index (χ2n) is 3.00. The van der Waals surface area contributed by atoms with Gasteiger partial charge in [-0.05, 0) is 36.4 Å². The van der Waals surface area contributed by atoms with Crippen LogP contribution >= 0.6 is 11.8 Å². The summed E-state index contributed by atoms with van der Waals surface area (Å²) in [6.07, 6.45) is 0. The zero-order chi connectivity index (χ0) is 12.3. The zero-order valence-electron chi connectivity index (χ0n) is 10.7. The summed E-state index contributed by atoms with van der Waals surface area (Å²) in [5.41, 5.74) is 5.47. The minimum atomic E-state index is -1.31. The molecule has 0 aromatic heterocycles. The van der Waals surface area contributed by atoms with Gasteiger partial charge in [-0.2, -0.15) is 0 Å². The van der Waals surface area contributed by atoms with Gasteiger partial charge in [-0.1, -0.05) is 6.92 Å². The Hall–Kier alpha value is -0.670. The van der Waals surface area contributed by atoms with Gasteiger partial charge in [-0.3, -0.25) is 0 Å². The first-order chi connectivity index (χ1) is 7.33. The van der Waals surface area contributed by atoms with E-state index in [9.17, 15) is 0 Å². The summed E-state index contributed by atoms with van der Waals surface area (Å²) in [5.74, 6) is 0.744. The molecule has 0 bridgehead atoms. The molecule has 1 rings (SSSR count). The van der Waals surface area contributed by atoms with Crippen molar-refractivity contribution in [1.29, 1.82) is 0 Å². The van der Waals surface area contributed by atoms with Crippen LogP contribution in [0.4, 0.5) is 0 Å². The smallest absolute Gasteiger partial charge is 0.119 e. The van der Waals surface area contributed by atoms with Crippen molar-refractivity contribution in [2.75, 3.05) is 12.8 Å². The van der Waals surface area contributed by atoms with Crippen molar-refractivity contribution in [2.24, 2.45) is 5.73 Å². The second-order valence-corrected chi connectivity index (χ2v) is 4.05. The lowest BCUT2D eigenvalue weighted by molar-refractivity contribution is 0.413. The van der Waals surface area contributed by atoms with Crippen molar-refractivity contribution in [1.82, 2.24) is 0 Å². The predicted octanol–water partition coefficient (Wildman–Crippen LogP) is 2.83. The van der Waals surface area contributed by atoms with Crippen LogP contribution in [0.15, 0.2) is 23.1 Å². The summed E-state index contributed by atoms with van der Waals surface area (Å²) in [5, 5.41) is 0. The first-order valence-electron chi connectivity index (χ1n) is 5.46. The van der Waals surface area contributed by atoms with Crippen molar-refractivity contribution < 1.29 is 7.48 Å². The molecule has 0 heterocycles. The van der Waals surface area contributed by atoms with E-state index in [1.165, 1.54) is 18.7 Å². The lowest BCUT2D eigenvalue weighted by Gasteiger charge is -2.13. The third-order valence-corrected chi connectivity index (χ3v) is 2.72. The summed E-state index contributed by atoms with van der Waals surface area (Å²) in [4.78, 5) is 0.864. The lowest BCUT2D eigenvalue weighted by atomic mass is 10.1. The molecule has 0 aliphatic heterocycles. The van der Waals surface area contributed by atoms with Crippen LogP contribution in [0, 0.1) is 0 Å². The van der Waals surface area contributed by atoms with E-state index in [1.807, 2.05) is 25.1 Å². The summed E-state index contributed by atoms with van der Waals surface area (Å²) < 4.78 is 20.3. The molecule has 78 valence electrons. The van der Waals surface area contributed by atoms with Crippen LogP contribution in [0.25, 0.3) is 0 Å². The Balaban J connectivity index is 3.08. The minimum Gasteiger partial charge on any atom is -0.497 e. The van der Waals surface area contributed by atoms with Gasteiger partial charge in [-0.15, -0.1) is 11.8 Å². The summed E-state index contributed by atoms with van der Waals surface area (Å²) in [7, 11) is 1.60. The van der Waals surface area contributed by atoms with Crippen LogP contribution in [-0.2, 0) is 0 Å². The average Bonchev–Trinajstić information content (AvgIpc) is 2.15. The minimum absolute atomic E-state index is 0.139. The van der Waals surface area contributed by atoms with Crippen LogP contribution < -0.4 is 10.5 Å². The third-order valence-electron chi connectivity index (χ3n) is 1.92. The number of methoxy groups -OCH3 is 1. The molecule has 0 aliphatic carbocycles. The van der Waals surface area contributed by atoms with E-state index in [-0.39, 0.29) is 6.04 Å². The van der Waals surface area contributed by atoms with Gasteiger partial charge in [0.25, 0.3) is 0 Å². The van der Waals surface area contributed by atoms with Crippen molar-refractivity contribution in [2.45, 2.75) is 24.8 Å². The molecule has 2 nitrogen and oxygen atoms in total. The highest BCUT2D eigenvalue weighted by Crippen LogP contribution is 2.29. The Morgan fingerprint density at radius 2 is 2.36 bits per heavy atom. The monoisotopic (exact) mass is 212 g/mol. The fourth-order valence-corrected chi connectivity index (χ4v) is 1.93. The number of rotatable bonds is 4. The fourth-order valence-electron chi connectivity index (χ4n) is 1.21. The van der Waals surface area contributed by atoms with Gasteiger partial charge >= 0.3 is 0 Å². The van der Waals surface area contributed by atoms with Crippen LogP contribution in [0.1, 0.15) is 28.2 Å². The van der Waals surface area contributed by atoms with E-state index in [0.29, 0.717) is 0 Å². The van der Waals surface area contributed by atoms with Crippen LogP contribution in [0.3, 0.4) is 0 Å². The predicted molar refractivity (Wildman–Crippen MR) is 62.0 cm³/mol. The van der Waals surface area contributed by atoms with Crippen molar-refractivity contribution in [3.63, 3.8) is 0 Å². The van der Waals surface area contributed by atoms with E-state index >= 15 is 0 Å². The molecule has 0 amide bonds. The quantitative estimate of drug-likeness (QED) is 0.615. The number of hydrogen-bond acceptors (Lipinski definition) is 3. The van der Waals surface area contributed by atoms with Gasteiger partial charge in [0.15, 0.2) is 0 Å². The van der Waals surface area contributed by atoms with Crippen molar-refractivity contribution >= 4 is 11.8 Å². The van der Waals surface area contributed by atoms with Crippen LogP contribution in [0.5, 0.6) is 5.75 Å². The van der Waals surface area contributed by atoms with Crippen molar-refractivity contribution in [3.8, 4) is 5.75 Å². The maximum Gasteiger partial charge on any atom is 0.119 e. The molecular weight excluding hydrogens is 195 g/mol. The van der Waals surface area contributed by atoms with E-state index in [4.69, 9.17) is 13.2 Å². The van der Waals surface area contributed by atoms with Crippen LogP contribution in [-0.4, -0.2) is 12.8 Å². The third kappa shape index (κ3) is 2.66. The van der Waals surface area contributed by atoms with Gasteiger partial charge in [0.05, 0.1) is 7.11 Å². The summed E-state index contributed by atoms with van der Waals surface area (Å²) in [6, 6.07) is 5.39. The molecule has 3 heteroatoms. The van der Waals surface area contributed by atoms with E-state index in [0.717, 1.165) is 16.2 Å². The molecule has 0 fully saturated rings. The molecule has 0 aliphatic rings. The Morgan fingerprint density at radius 1 is 1.64 bits per heavy atom. The van der Waals surface area contributed by atoms with Gasteiger partial charge in [0.2, 0.25) is 0 Å². The molecule has 0 saturated heterocycles. The van der Waals surface area contributed by atoms with Gasteiger partial charge in [0, 0.05) is 13.7 Å². The maximum absolute atomic E-state index is 7.56. The fraction of sp³-hybridized carbons (Fsp3) is 0.455. The number of ether oxygens (including phenoxy) is 1. The molecular formula is C11H17NOS. The normalized spacial score (nSPS) is 15.7. The average molecular weight is 212 g/mol. The molecule has 0 spiro atoms. The summed E-state index contributed by atoms with van der Waals surface area (Å²) >= 11 is 1.17. The first-order valence-corrected chi connectivity index (χ1v) is 5.27. The largest absolute Gasteiger partial charge is 0.497 e. The van der Waals surface area contributed by atoms with Gasteiger partial charge in [0.1, 0.15) is 5.75 Å². The Bertz CT molecular complexity index is 363. The molecule has 14 heavy (non-hydrogen) atoms. The Kier molecular flexibility index (Phi) is 3.25. The maximum atomic E-state index is 7.56. The van der Waals surface area contributed by atoms with Crippen molar-refractivity contribution in [3.05, 3.63) is 23.8 Å². The van der Waals surface area contributed by atoms with Gasteiger partial charge in [-0.25, -0.2) is 0 Å². The number of thioether (sulfide) groups is 1. The molecule has 1 atom stereocenters. The topological polar surface area (TPSA) is 35.2 Å². The molecule has 0 saturated carbocycles.